The number of rotatable bonds is 2. The Kier molecular flexibility index (Phi) is 2.91. The Morgan fingerprint density at radius 1 is 1.19 bits per heavy atom. The smallest absolute Gasteiger partial charge is 0.268 e. The Morgan fingerprint density at radius 3 is 2.57 bits per heavy atom. The Balaban J connectivity index is 2.09. The summed E-state index contributed by atoms with van der Waals surface area (Å²) in [7, 11) is 0. The van der Waals surface area contributed by atoms with Crippen molar-refractivity contribution in [1.82, 2.24) is 4.98 Å². The number of anilines is 1. The number of amides is 2. The number of nitro benzene ring substituents is 1. The van der Waals surface area contributed by atoms with Crippen LogP contribution in [0.3, 0.4) is 0 Å². The molecule has 104 valence electrons. The summed E-state index contributed by atoms with van der Waals surface area (Å²) in [6, 6.07) is 6.57. The average Bonchev–Trinajstić information content (AvgIpc) is 2.72. The van der Waals surface area contributed by atoms with Crippen LogP contribution in [0.1, 0.15) is 20.8 Å². The van der Waals surface area contributed by atoms with Crippen molar-refractivity contribution >= 4 is 34.8 Å². The van der Waals surface area contributed by atoms with Gasteiger partial charge in [0.25, 0.3) is 17.5 Å². The third-order valence-electron chi connectivity index (χ3n) is 3.03. The lowest BCUT2D eigenvalue weighted by Crippen LogP contribution is -2.29. The minimum Gasteiger partial charge on any atom is -0.268 e. The molecule has 21 heavy (non-hydrogen) atoms. The van der Waals surface area contributed by atoms with Crippen LogP contribution in [-0.2, 0) is 0 Å². The number of hydrogen-bond donors (Lipinski definition) is 0. The molecular weight excluding hydrogens is 298 g/mol. The van der Waals surface area contributed by atoms with Crippen molar-refractivity contribution in [3.8, 4) is 0 Å². The predicted molar refractivity (Wildman–Crippen MR) is 73.5 cm³/mol. The molecule has 0 atom stereocenters. The highest BCUT2D eigenvalue weighted by Gasteiger charge is 2.38. The number of benzene rings is 1. The quantitative estimate of drug-likeness (QED) is 0.482. The number of aromatic nitrogens is 1. The van der Waals surface area contributed by atoms with Crippen LogP contribution < -0.4 is 4.90 Å². The van der Waals surface area contributed by atoms with Gasteiger partial charge in [-0.05, 0) is 18.2 Å². The van der Waals surface area contributed by atoms with Crippen molar-refractivity contribution in [2.75, 3.05) is 4.90 Å². The first-order chi connectivity index (χ1) is 10.0. The number of nitrogens with zero attached hydrogens (tertiary/aromatic N) is 3. The third-order valence-corrected chi connectivity index (χ3v) is 3.33. The first kappa shape index (κ1) is 13.2. The van der Waals surface area contributed by atoms with E-state index in [0.717, 1.165) is 11.0 Å². The Hall–Kier alpha value is -2.80. The van der Waals surface area contributed by atoms with Gasteiger partial charge < -0.3 is 0 Å². The largest absolute Gasteiger partial charge is 0.284 e. The lowest BCUT2D eigenvalue weighted by Gasteiger charge is -2.14. The molecule has 1 aliphatic rings. The van der Waals surface area contributed by atoms with Crippen molar-refractivity contribution in [3.05, 3.63) is 62.9 Å². The molecule has 0 fully saturated rings. The van der Waals surface area contributed by atoms with Crippen LogP contribution in [0.25, 0.3) is 0 Å². The van der Waals surface area contributed by atoms with Crippen LogP contribution in [-0.4, -0.2) is 21.7 Å². The van der Waals surface area contributed by atoms with Gasteiger partial charge in [-0.15, -0.1) is 0 Å². The second-order valence-corrected chi connectivity index (χ2v) is 4.65. The van der Waals surface area contributed by atoms with Crippen molar-refractivity contribution in [2.45, 2.75) is 0 Å². The summed E-state index contributed by atoms with van der Waals surface area (Å²) in [5.41, 5.74) is 0.0857. The average molecular weight is 304 g/mol. The Labute approximate surface area is 122 Å². The van der Waals surface area contributed by atoms with Crippen LogP contribution >= 0.6 is 11.6 Å². The van der Waals surface area contributed by atoms with Crippen molar-refractivity contribution in [1.29, 1.82) is 0 Å². The van der Waals surface area contributed by atoms with Gasteiger partial charge in [-0.1, -0.05) is 11.6 Å². The number of pyridine rings is 1. The number of nitro groups is 1. The van der Waals surface area contributed by atoms with Gasteiger partial charge in [0.15, 0.2) is 0 Å². The van der Waals surface area contributed by atoms with Gasteiger partial charge in [0, 0.05) is 18.3 Å². The van der Waals surface area contributed by atoms with Crippen LogP contribution in [0.5, 0.6) is 0 Å². The van der Waals surface area contributed by atoms with Crippen LogP contribution in [0.4, 0.5) is 11.4 Å². The summed E-state index contributed by atoms with van der Waals surface area (Å²) in [6.45, 7) is 0. The molecule has 0 saturated carbocycles. The van der Waals surface area contributed by atoms with Gasteiger partial charge in [-0.25, -0.2) is 4.90 Å². The summed E-state index contributed by atoms with van der Waals surface area (Å²) in [5, 5.41) is 10.6. The van der Waals surface area contributed by atoms with Gasteiger partial charge in [0.2, 0.25) is 0 Å². The SMILES string of the molecule is O=C1c2cccnc2C(=O)N1c1ccc([N+](=O)[O-])cc1Cl. The van der Waals surface area contributed by atoms with E-state index >= 15 is 0 Å². The number of carbonyl (C=O) groups excluding carboxylic acids is 2. The summed E-state index contributed by atoms with van der Waals surface area (Å²) in [4.78, 5) is 39.3. The molecule has 3 rings (SSSR count). The van der Waals surface area contributed by atoms with E-state index < -0.39 is 16.7 Å². The number of imide groups is 1. The van der Waals surface area contributed by atoms with Gasteiger partial charge in [0.05, 0.1) is 21.2 Å². The Morgan fingerprint density at radius 2 is 1.95 bits per heavy atom. The topological polar surface area (TPSA) is 93.4 Å². The van der Waals surface area contributed by atoms with Gasteiger partial charge in [-0.2, -0.15) is 0 Å². The minimum atomic E-state index is -0.612. The molecular formula is C13H6ClN3O4. The maximum Gasteiger partial charge on any atom is 0.284 e. The lowest BCUT2D eigenvalue weighted by atomic mass is 10.2. The molecule has 0 spiro atoms. The molecule has 2 heterocycles. The predicted octanol–water partition coefficient (Wildman–Crippen LogP) is 2.44. The maximum absolute atomic E-state index is 12.3. The zero-order valence-electron chi connectivity index (χ0n) is 10.3. The van der Waals surface area contributed by atoms with E-state index in [4.69, 9.17) is 11.6 Å². The zero-order valence-corrected chi connectivity index (χ0v) is 11.1. The van der Waals surface area contributed by atoms with Crippen LogP contribution in [0.2, 0.25) is 5.02 Å². The van der Waals surface area contributed by atoms with Gasteiger partial charge >= 0.3 is 0 Å². The fourth-order valence-corrected chi connectivity index (χ4v) is 2.34. The molecule has 7 nitrogen and oxygen atoms in total. The van der Waals surface area contributed by atoms with Gasteiger partial charge in [0.1, 0.15) is 5.69 Å². The van der Waals surface area contributed by atoms with Crippen LogP contribution in [0, 0.1) is 10.1 Å². The molecule has 0 aliphatic carbocycles. The summed E-state index contributed by atoms with van der Waals surface area (Å²) in [6.07, 6.45) is 1.41. The van der Waals surface area contributed by atoms with Crippen molar-refractivity contribution < 1.29 is 14.5 Å². The van der Waals surface area contributed by atoms with E-state index in [0.29, 0.717) is 0 Å². The second-order valence-electron chi connectivity index (χ2n) is 4.24. The normalized spacial score (nSPS) is 13.5. The molecule has 2 aromatic rings. The molecule has 1 aromatic carbocycles. The Bertz CT molecular complexity index is 771. The second kappa shape index (κ2) is 4.64. The highest BCUT2D eigenvalue weighted by molar-refractivity contribution is 6.39. The molecule has 2 amide bonds. The monoisotopic (exact) mass is 303 g/mol. The van der Waals surface area contributed by atoms with Crippen LogP contribution in [0.15, 0.2) is 36.5 Å². The molecule has 0 saturated heterocycles. The van der Waals surface area contributed by atoms with Crippen molar-refractivity contribution in [3.63, 3.8) is 0 Å². The highest BCUT2D eigenvalue weighted by atomic mass is 35.5. The molecule has 0 radical (unpaired) electrons. The number of non-ortho nitro benzene ring substituents is 1. The number of carbonyl (C=O) groups is 2. The van der Waals surface area contributed by atoms with Crippen molar-refractivity contribution in [2.24, 2.45) is 0 Å². The molecule has 0 N–H and O–H groups in total. The first-order valence-corrected chi connectivity index (χ1v) is 6.16. The van der Waals surface area contributed by atoms with Gasteiger partial charge in [-0.3, -0.25) is 24.7 Å². The summed E-state index contributed by atoms with van der Waals surface area (Å²) >= 11 is 5.96. The minimum absolute atomic E-state index is 0.0388. The number of halogens is 1. The molecule has 8 heteroatoms. The van der Waals surface area contributed by atoms with E-state index in [-0.39, 0.29) is 27.7 Å². The van der Waals surface area contributed by atoms with E-state index in [1.165, 1.54) is 24.4 Å². The van der Waals surface area contributed by atoms with E-state index in [1.54, 1.807) is 6.07 Å². The fourth-order valence-electron chi connectivity index (χ4n) is 2.08. The lowest BCUT2D eigenvalue weighted by molar-refractivity contribution is -0.384. The molecule has 0 unspecified atom stereocenters. The highest BCUT2D eigenvalue weighted by Crippen LogP contribution is 2.34. The maximum atomic E-state index is 12.3. The first-order valence-electron chi connectivity index (χ1n) is 5.78. The fraction of sp³-hybridized carbons (Fsp3) is 0. The molecule has 0 bridgehead atoms. The zero-order chi connectivity index (χ0) is 15.1. The summed E-state index contributed by atoms with van der Waals surface area (Å²) in [5.74, 6) is -1.16. The molecule has 1 aliphatic heterocycles. The third kappa shape index (κ3) is 1.95. The molecule has 1 aromatic heterocycles. The standard InChI is InChI=1S/C13H6ClN3O4/c14-9-6-7(17(20)21)3-4-10(9)16-12(18)8-2-1-5-15-11(8)13(16)19/h1-6H. The number of fused-ring (bicyclic) bond motifs is 1. The van der Waals surface area contributed by atoms with E-state index in [2.05, 4.69) is 4.98 Å². The van der Waals surface area contributed by atoms with E-state index in [1.807, 2.05) is 0 Å². The van der Waals surface area contributed by atoms with E-state index in [9.17, 15) is 19.7 Å². The number of hydrogen-bond acceptors (Lipinski definition) is 5. The summed E-state index contributed by atoms with van der Waals surface area (Å²) < 4.78 is 0.